The van der Waals surface area contributed by atoms with Gasteiger partial charge >= 0.3 is 0 Å². The van der Waals surface area contributed by atoms with Gasteiger partial charge in [0.15, 0.2) is 5.82 Å². The predicted molar refractivity (Wildman–Crippen MR) is 85.9 cm³/mol. The van der Waals surface area contributed by atoms with Crippen molar-refractivity contribution >= 4 is 27.4 Å². The lowest BCUT2D eigenvalue weighted by molar-refractivity contribution is 0.122. The average molecular weight is 297 g/mol. The van der Waals surface area contributed by atoms with Crippen molar-refractivity contribution in [3.8, 4) is 11.4 Å². The minimum atomic E-state index is 0.760. The summed E-state index contributed by atoms with van der Waals surface area (Å²) >= 11 is 1.67. The molecule has 0 saturated carbocycles. The summed E-state index contributed by atoms with van der Waals surface area (Å²) in [5.41, 5.74) is 1.06. The van der Waals surface area contributed by atoms with Gasteiger partial charge in [-0.3, -0.25) is 0 Å². The van der Waals surface area contributed by atoms with Crippen LogP contribution in [0.1, 0.15) is 0 Å². The van der Waals surface area contributed by atoms with E-state index in [1.807, 2.05) is 18.2 Å². The highest BCUT2D eigenvalue weighted by Gasteiger charge is 2.18. The van der Waals surface area contributed by atoms with Gasteiger partial charge in [0.2, 0.25) is 0 Å². The third kappa shape index (κ3) is 2.39. The van der Waals surface area contributed by atoms with E-state index in [1.54, 1.807) is 11.3 Å². The van der Waals surface area contributed by atoms with Crippen LogP contribution in [0.2, 0.25) is 0 Å². The fraction of sp³-hybridized carbons (Fsp3) is 0.250. The molecule has 1 aliphatic heterocycles. The smallest absolute Gasteiger partial charge is 0.163 e. The van der Waals surface area contributed by atoms with Crippen LogP contribution in [0, 0.1) is 0 Å². The lowest BCUT2D eigenvalue weighted by Gasteiger charge is -2.28. The molecule has 106 valence electrons. The number of aromatic nitrogens is 2. The number of hydrogen-bond donors (Lipinski definition) is 0. The highest BCUT2D eigenvalue weighted by molar-refractivity contribution is 7.16. The molecule has 0 spiro atoms. The van der Waals surface area contributed by atoms with Gasteiger partial charge in [0.05, 0.1) is 18.6 Å². The summed E-state index contributed by atoms with van der Waals surface area (Å²) in [6.45, 7) is 3.29. The highest BCUT2D eigenvalue weighted by Crippen LogP contribution is 2.31. The van der Waals surface area contributed by atoms with Gasteiger partial charge in [-0.1, -0.05) is 30.3 Å². The third-order valence-electron chi connectivity index (χ3n) is 3.65. The van der Waals surface area contributed by atoms with Crippen LogP contribution in [0.3, 0.4) is 0 Å². The van der Waals surface area contributed by atoms with Crippen molar-refractivity contribution < 1.29 is 4.74 Å². The molecule has 0 amide bonds. The summed E-state index contributed by atoms with van der Waals surface area (Å²) in [5.74, 6) is 1.83. The summed E-state index contributed by atoms with van der Waals surface area (Å²) in [4.78, 5) is 12.9. The maximum Gasteiger partial charge on any atom is 0.163 e. The minimum Gasteiger partial charge on any atom is -0.378 e. The molecule has 0 bridgehead atoms. The highest BCUT2D eigenvalue weighted by atomic mass is 32.1. The summed E-state index contributed by atoms with van der Waals surface area (Å²) in [5, 5.41) is 3.22. The first-order valence-corrected chi connectivity index (χ1v) is 7.93. The Labute approximate surface area is 127 Å². The quantitative estimate of drug-likeness (QED) is 0.728. The monoisotopic (exact) mass is 297 g/mol. The Balaban J connectivity index is 1.86. The molecule has 4 nitrogen and oxygen atoms in total. The van der Waals surface area contributed by atoms with Crippen LogP contribution in [-0.4, -0.2) is 36.3 Å². The fourth-order valence-corrected chi connectivity index (χ4v) is 3.33. The standard InChI is InChI=1S/C16H15N3OS/c1-2-4-12(5-3-1)14-17-15(19-7-9-20-10-8-19)13-6-11-21-16(13)18-14/h1-6,11H,7-10H2. The normalized spacial score (nSPS) is 15.5. The first-order valence-electron chi connectivity index (χ1n) is 7.05. The van der Waals surface area contributed by atoms with Crippen LogP contribution in [-0.2, 0) is 4.74 Å². The molecule has 4 rings (SSSR count). The lowest BCUT2D eigenvalue weighted by atomic mass is 10.2. The molecule has 1 saturated heterocycles. The zero-order valence-electron chi connectivity index (χ0n) is 11.5. The van der Waals surface area contributed by atoms with E-state index < -0.39 is 0 Å². The van der Waals surface area contributed by atoms with Crippen molar-refractivity contribution in [2.24, 2.45) is 0 Å². The number of benzene rings is 1. The Morgan fingerprint density at radius 1 is 1.00 bits per heavy atom. The molecule has 0 unspecified atom stereocenters. The Morgan fingerprint density at radius 3 is 2.62 bits per heavy atom. The van der Waals surface area contributed by atoms with E-state index in [-0.39, 0.29) is 0 Å². The number of rotatable bonds is 2. The van der Waals surface area contributed by atoms with E-state index in [0.717, 1.165) is 53.7 Å². The SMILES string of the molecule is c1ccc(-c2nc(N3CCOCC3)c3ccsc3n2)cc1. The molecule has 0 N–H and O–H groups in total. The maximum absolute atomic E-state index is 5.45. The van der Waals surface area contributed by atoms with Crippen LogP contribution in [0.5, 0.6) is 0 Å². The molecule has 21 heavy (non-hydrogen) atoms. The largest absolute Gasteiger partial charge is 0.378 e. The molecular formula is C16H15N3OS. The molecule has 0 aliphatic carbocycles. The number of hydrogen-bond acceptors (Lipinski definition) is 5. The molecular weight excluding hydrogens is 282 g/mol. The van der Waals surface area contributed by atoms with Crippen molar-refractivity contribution in [3.05, 3.63) is 41.8 Å². The van der Waals surface area contributed by atoms with E-state index in [1.165, 1.54) is 0 Å². The summed E-state index contributed by atoms with van der Waals surface area (Å²) in [7, 11) is 0. The topological polar surface area (TPSA) is 38.2 Å². The minimum absolute atomic E-state index is 0.760. The Kier molecular flexibility index (Phi) is 3.29. The maximum atomic E-state index is 5.45. The molecule has 0 radical (unpaired) electrons. The number of anilines is 1. The average Bonchev–Trinajstić information content (AvgIpc) is 3.04. The van der Waals surface area contributed by atoms with E-state index in [9.17, 15) is 0 Å². The van der Waals surface area contributed by atoms with E-state index in [4.69, 9.17) is 14.7 Å². The van der Waals surface area contributed by atoms with Gasteiger partial charge in [0.25, 0.3) is 0 Å². The van der Waals surface area contributed by atoms with E-state index in [0.29, 0.717) is 0 Å². The number of ether oxygens (including phenoxy) is 1. The van der Waals surface area contributed by atoms with Crippen molar-refractivity contribution in [2.75, 3.05) is 31.2 Å². The first-order chi connectivity index (χ1) is 10.4. The van der Waals surface area contributed by atoms with Gasteiger partial charge in [-0.2, -0.15) is 0 Å². The van der Waals surface area contributed by atoms with Gasteiger partial charge in [-0.15, -0.1) is 11.3 Å². The molecule has 0 atom stereocenters. The van der Waals surface area contributed by atoms with Gasteiger partial charge in [-0.05, 0) is 11.4 Å². The van der Waals surface area contributed by atoms with Gasteiger partial charge < -0.3 is 9.64 Å². The van der Waals surface area contributed by atoms with Crippen LogP contribution >= 0.6 is 11.3 Å². The zero-order valence-corrected chi connectivity index (χ0v) is 12.3. The second kappa shape index (κ2) is 5.42. The molecule has 1 aliphatic rings. The van der Waals surface area contributed by atoms with Gasteiger partial charge in [0, 0.05) is 18.7 Å². The van der Waals surface area contributed by atoms with Crippen LogP contribution in [0.4, 0.5) is 5.82 Å². The summed E-state index contributed by atoms with van der Waals surface area (Å²) in [6.07, 6.45) is 0. The van der Waals surface area contributed by atoms with Gasteiger partial charge in [-0.25, -0.2) is 9.97 Å². The zero-order chi connectivity index (χ0) is 14.1. The number of fused-ring (bicyclic) bond motifs is 1. The summed E-state index contributed by atoms with van der Waals surface area (Å²) < 4.78 is 5.45. The van der Waals surface area contributed by atoms with Crippen molar-refractivity contribution in [1.29, 1.82) is 0 Å². The van der Waals surface area contributed by atoms with Crippen molar-refractivity contribution in [3.63, 3.8) is 0 Å². The molecule has 1 aromatic carbocycles. The molecule has 5 heteroatoms. The third-order valence-corrected chi connectivity index (χ3v) is 4.45. The van der Waals surface area contributed by atoms with Crippen LogP contribution < -0.4 is 4.90 Å². The molecule has 2 aromatic heterocycles. The Bertz CT molecular complexity index is 751. The van der Waals surface area contributed by atoms with Gasteiger partial charge in [0.1, 0.15) is 10.6 Å². The molecule has 3 aromatic rings. The van der Waals surface area contributed by atoms with E-state index in [2.05, 4.69) is 28.5 Å². The Hall–Kier alpha value is -1.98. The van der Waals surface area contributed by atoms with Crippen molar-refractivity contribution in [2.45, 2.75) is 0 Å². The Morgan fingerprint density at radius 2 is 1.81 bits per heavy atom. The van der Waals surface area contributed by atoms with E-state index >= 15 is 0 Å². The van der Waals surface area contributed by atoms with Crippen LogP contribution in [0.15, 0.2) is 41.8 Å². The predicted octanol–water partition coefficient (Wildman–Crippen LogP) is 3.19. The number of thiophene rings is 1. The first kappa shape index (κ1) is 12.7. The second-order valence-electron chi connectivity index (χ2n) is 4.98. The number of morpholine rings is 1. The second-order valence-corrected chi connectivity index (χ2v) is 5.87. The fourth-order valence-electron chi connectivity index (χ4n) is 2.57. The molecule has 1 fully saturated rings. The molecule has 3 heterocycles. The lowest BCUT2D eigenvalue weighted by Crippen LogP contribution is -2.37. The summed E-state index contributed by atoms with van der Waals surface area (Å²) in [6, 6.07) is 12.3. The number of nitrogens with zero attached hydrogens (tertiary/aromatic N) is 3. The van der Waals surface area contributed by atoms with Crippen molar-refractivity contribution in [1.82, 2.24) is 9.97 Å². The van der Waals surface area contributed by atoms with Crippen LogP contribution in [0.25, 0.3) is 21.6 Å².